The molecule has 6 atom stereocenters. The highest BCUT2D eigenvalue weighted by Gasteiger charge is 2.62. The third-order valence-electron chi connectivity index (χ3n) is 6.44. The van der Waals surface area contributed by atoms with Gasteiger partial charge in [0, 0.05) is 5.92 Å². The van der Waals surface area contributed by atoms with E-state index in [1.54, 1.807) is 0 Å². The Morgan fingerprint density at radius 1 is 0.545 bits per heavy atom. The van der Waals surface area contributed by atoms with Crippen molar-refractivity contribution in [3.63, 3.8) is 0 Å². The van der Waals surface area contributed by atoms with Crippen LogP contribution in [0.25, 0.3) is 0 Å². The summed E-state index contributed by atoms with van der Waals surface area (Å²) in [5.74, 6) is -0.156. The predicted octanol–water partition coefficient (Wildman–Crippen LogP) is 4.13. The largest absolute Gasteiger partial charge is 0.396 e. The van der Waals surface area contributed by atoms with Crippen molar-refractivity contribution in [2.75, 3.05) is 6.61 Å². The van der Waals surface area contributed by atoms with Gasteiger partial charge in [-0.2, -0.15) is 0 Å². The molecule has 0 spiro atoms. The summed E-state index contributed by atoms with van der Waals surface area (Å²) in [5, 5.41) is 10.2. The molecule has 2 fully saturated rings. The first kappa shape index (κ1) is 22.3. The lowest BCUT2D eigenvalue weighted by atomic mass is 9.82. The fourth-order valence-corrected chi connectivity index (χ4v) is 4.66. The Bertz CT molecular complexity index is 981. The molecule has 1 N–H and O–H groups in total. The second-order valence-electron chi connectivity index (χ2n) is 8.70. The molecule has 33 heavy (non-hydrogen) atoms. The van der Waals surface area contributed by atoms with Gasteiger partial charge in [0.2, 0.25) is 0 Å². The van der Waals surface area contributed by atoms with Gasteiger partial charge in [-0.15, -0.1) is 0 Å². The van der Waals surface area contributed by atoms with Crippen LogP contribution in [0.15, 0.2) is 91.0 Å². The maximum absolute atomic E-state index is 10.2. The Kier molecular flexibility index (Phi) is 7.15. The second kappa shape index (κ2) is 10.6. The molecule has 0 aromatic heterocycles. The van der Waals surface area contributed by atoms with Crippen LogP contribution in [0.2, 0.25) is 0 Å². The lowest BCUT2D eigenvalue weighted by Crippen LogP contribution is -2.55. The predicted molar refractivity (Wildman–Crippen MR) is 124 cm³/mol. The van der Waals surface area contributed by atoms with Crippen LogP contribution < -0.4 is 0 Å². The summed E-state index contributed by atoms with van der Waals surface area (Å²) in [6, 6.07) is 30.3. The molecule has 0 bridgehead atoms. The first-order chi connectivity index (χ1) is 16.3. The van der Waals surface area contributed by atoms with Gasteiger partial charge in [0.15, 0.2) is 0 Å². The number of benzene rings is 3. The molecular weight excluding hydrogens is 416 g/mol. The van der Waals surface area contributed by atoms with Gasteiger partial charge >= 0.3 is 0 Å². The summed E-state index contributed by atoms with van der Waals surface area (Å²) in [5.41, 5.74) is 3.26. The van der Waals surface area contributed by atoms with Crippen molar-refractivity contribution in [2.45, 2.75) is 50.3 Å². The van der Waals surface area contributed by atoms with Crippen molar-refractivity contribution in [2.24, 2.45) is 5.92 Å². The SMILES string of the molecule is OC[C@H]1[C@@H](OCc2ccccc2)[C@H](OCc2ccccc2)[C@@H](OCc2ccccc2)[C@@H]2O[C@H]12. The number of aliphatic hydroxyl groups is 1. The Morgan fingerprint density at radius 3 is 1.42 bits per heavy atom. The van der Waals surface area contributed by atoms with Gasteiger partial charge in [-0.25, -0.2) is 0 Å². The Morgan fingerprint density at radius 2 is 0.970 bits per heavy atom. The van der Waals surface area contributed by atoms with E-state index in [9.17, 15) is 5.11 Å². The maximum atomic E-state index is 10.2. The van der Waals surface area contributed by atoms with Crippen LogP contribution in [-0.4, -0.2) is 42.2 Å². The van der Waals surface area contributed by atoms with Crippen LogP contribution in [0.4, 0.5) is 0 Å². The van der Waals surface area contributed by atoms with E-state index in [2.05, 4.69) is 0 Å². The molecule has 0 radical (unpaired) electrons. The van der Waals surface area contributed by atoms with Crippen LogP contribution in [0.1, 0.15) is 16.7 Å². The molecule has 0 amide bonds. The van der Waals surface area contributed by atoms with Gasteiger partial charge in [0.25, 0.3) is 0 Å². The minimum absolute atomic E-state index is 0.0166. The van der Waals surface area contributed by atoms with Crippen LogP contribution in [0.3, 0.4) is 0 Å². The fraction of sp³-hybridized carbons (Fsp3) is 0.357. The molecule has 1 saturated heterocycles. The number of epoxide rings is 1. The zero-order valence-electron chi connectivity index (χ0n) is 18.5. The van der Waals surface area contributed by atoms with E-state index in [-0.39, 0.29) is 43.0 Å². The average molecular weight is 447 g/mol. The van der Waals surface area contributed by atoms with Gasteiger partial charge in [-0.1, -0.05) is 91.0 Å². The summed E-state index contributed by atoms with van der Waals surface area (Å²) < 4.78 is 25.3. The second-order valence-corrected chi connectivity index (χ2v) is 8.70. The number of hydrogen-bond donors (Lipinski definition) is 1. The molecule has 3 aromatic carbocycles. The molecule has 0 unspecified atom stereocenters. The summed E-state index contributed by atoms with van der Waals surface area (Å²) in [4.78, 5) is 0. The lowest BCUT2D eigenvalue weighted by Gasteiger charge is -2.39. The quantitative estimate of drug-likeness (QED) is 0.475. The molecule has 1 aliphatic heterocycles. The van der Waals surface area contributed by atoms with Crippen molar-refractivity contribution < 1.29 is 24.1 Å². The van der Waals surface area contributed by atoms with E-state index in [1.165, 1.54) is 0 Å². The average Bonchev–Trinajstić information content (AvgIpc) is 3.67. The standard InChI is InChI=1S/C28H30O5/c29-16-23-24(30-17-20-10-4-1-5-11-20)26(31-18-21-12-6-2-7-13-21)27(28-25(23)33-28)32-19-22-14-8-3-9-15-22/h1-15,23-29H,16-19H2/t23-,24+,25+,26-,27+,28+/m0/s1. The summed E-state index contributed by atoms with van der Waals surface area (Å²) in [6.07, 6.45) is -1.15. The van der Waals surface area contributed by atoms with Crippen LogP contribution in [0, 0.1) is 5.92 Å². The molecule has 1 heterocycles. The molecule has 5 nitrogen and oxygen atoms in total. The Labute approximate surface area is 194 Å². The highest BCUT2D eigenvalue weighted by molar-refractivity contribution is 5.17. The number of aliphatic hydroxyl groups excluding tert-OH is 1. The molecule has 2 aliphatic rings. The third kappa shape index (κ3) is 5.35. The highest BCUT2D eigenvalue weighted by atomic mass is 16.6. The van der Waals surface area contributed by atoms with E-state index >= 15 is 0 Å². The third-order valence-corrected chi connectivity index (χ3v) is 6.44. The minimum atomic E-state index is -0.362. The van der Waals surface area contributed by atoms with E-state index in [0.29, 0.717) is 19.8 Å². The number of ether oxygens (including phenoxy) is 4. The Balaban J connectivity index is 1.35. The molecule has 1 aliphatic carbocycles. The molecule has 5 rings (SSSR count). The van der Waals surface area contributed by atoms with E-state index in [4.69, 9.17) is 18.9 Å². The monoisotopic (exact) mass is 446 g/mol. The van der Waals surface area contributed by atoms with Crippen LogP contribution >= 0.6 is 0 Å². The van der Waals surface area contributed by atoms with Gasteiger partial charge in [0.1, 0.15) is 18.3 Å². The molecule has 3 aromatic rings. The zero-order valence-corrected chi connectivity index (χ0v) is 18.5. The lowest BCUT2D eigenvalue weighted by molar-refractivity contribution is -0.182. The van der Waals surface area contributed by atoms with Crippen molar-refractivity contribution >= 4 is 0 Å². The smallest absolute Gasteiger partial charge is 0.115 e. The van der Waals surface area contributed by atoms with Crippen molar-refractivity contribution in [3.05, 3.63) is 108 Å². The topological polar surface area (TPSA) is 60.5 Å². The minimum Gasteiger partial charge on any atom is -0.396 e. The molecule has 5 heteroatoms. The van der Waals surface area contributed by atoms with Gasteiger partial charge in [0.05, 0.1) is 38.6 Å². The van der Waals surface area contributed by atoms with E-state index in [1.807, 2.05) is 91.0 Å². The van der Waals surface area contributed by atoms with Crippen LogP contribution in [0.5, 0.6) is 0 Å². The number of hydrogen-bond acceptors (Lipinski definition) is 5. The molecule has 1 saturated carbocycles. The van der Waals surface area contributed by atoms with Crippen molar-refractivity contribution in [1.29, 1.82) is 0 Å². The highest BCUT2D eigenvalue weighted by Crippen LogP contribution is 2.45. The van der Waals surface area contributed by atoms with E-state index in [0.717, 1.165) is 16.7 Å². The van der Waals surface area contributed by atoms with Gasteiger partial charge in [-0.3, -0.25) is 0 Å². The summed E-state index contributed by atoms with van der Waals surface area (Å²) in [7, 11) is 0. The van der Waals surface area contributed by atoms with Crippen molar-refractivity contribution in [1.82, 2.24) is 0 Å². The zero-order chi connectivity index (χ0) is 22.5. The van der Waals surface area contributed by atoms with E-state index < -0.39 is 0 Å². The maximum Gasteiger partial charge on any atom is 0.115 e. The van der Waals surface area contributed by atoms with Gasteiger partial charge < -0.3 is 24.1 Å². The molecule has 172 valence electrons. The molecular formula is C28H30O5. The normalized spacial score (nSPS) is 28.3. The Hall–Kier alpha value is -2.54. The first-order valence-corrected chi connectivity index (χ1v) is 11.6. The number of rotatable bonds is 10. The fourth-order valence-electron chi connectivity index (χ4n) is 4.66. The summed E-state index contributed by atoms with van der Waals surface area (Å²) in [6.45, 7) is 1.34. The van der Waals surface area contributed by atoms with Crippen molar-refractivity contribution in [3.8, 4) is 0 Å². The van der Waals surface area contributed by atoms with Gasteiger partial charge in [-0.05, 0) is 16.7 Å². The van der Waals surface area contributed by atoms with Crippen LogP contribution in [-0.2, 0) is 38.8 Å². The summed E-state index contributed by atoms with van der Waals surface area (Å²) >= 11 is 0. The first-order valence-electron chi connectivity index (χ1n) is 11.6. The number of fused-ring (bicyclic) bond motifs is 1.